The number of aliphatic imine (C=N–C) groups is 1. The largest absolute Gasteiger partial charge is 0.462 e. The van der Waals surface area contributed by atoms with E-state index in [0.29, 0.717) is 29.2 Å². The zero-order valence-corrected chi connectivity index (χ0v) is 20.8. The number of nitrogens with zero attached hydrogens (tertiary/aromatic N) is 2. The Bertz CT molecular complexity index is 650. The molecule has 0 saturated carbocycles. The molecule has 1 aromatic heterocycles. The number of carbonyl (C=O) groups excluding carboxylic acids is 1. The minimum Gasteiger partial charge on any atom is -0.462 e. The third kappa shape index (κ3) is 8.73. The van der Waals surface area contributed by atoms with E-state index >= 15 is 0 Å². The van der Waals surface area contributed by atoms with Crippen molar-refractivity contribution in [2.45, 2.75) is 52.2 Å². The lowest BCUT2D eigenvalue weighted by Crippen LogP contribution is -2.39. The van der Waals surface area contributed by atoms with Crippen molar-refractivity contribution in [2.75, 3.05) is 40.0 Å². The summed E-state index contributed by atoms with van der Waals surface area (Å²) in [6.07, 6.45) is 3.19. The highest BCUT2D eigenvalue weighted by Gasteiger charge is 2.20. The van der Waals surface area contributed by atoms with Gasteiger partial charge in [-0.15, -0.1) is 35.3 Å². The van der Waals surface area contributed by atoms with Crippen molar-refractivity contribution in [3.05, 3.63) is 15.6 Å². The van der Waals surface area contributed by atoms with E-state index in [4.69, 9.17) is 14.2 Å². The Morgan fingerprint density at radius 2 is 2.14 bits per heavy atom. The second-order valence-corrected chi connectivity index (χ2v) is 7.62. The van der Waals surface area contributed by atoms with Crippen LogP contribution in [0.15, 0.2) is 4.99 Å². The van der Waals surface area contributed by atoms with E-state index in [1.54, 1.807) is 14.0 Å². The number of carbonyl (C=O) groups is 1. The van der Waals surface area contributed by atoms with E-state index in [9.17, 15) is 4.79 Å². The molecule has 2 rings (SSSR count). The summed E-state index contributed by atoms with van der Waals surface area (Å²) < 4.78 is 16.3. The molecule has 0 aliphatic carbocycles. The van der Waals surface area contributed by atoms with Gasteiger partial charge < -0.3 is 24.8 Å². The van der Waals surface area contributed by atoms with Crippen molar-refractivity contribution < 1.29 is 19.0 Å². The molecule has 2 N–H and O–H groups in total. The van der Waals surface area contributed by atoms with Gasteiger partial charge in [0.25, 0.3) is 0 Å². The first-order valence-electron chi connectivity index (χ1n) is 9.86. The van der Waals surface area contributed by atoms with Gasteiger partial charge in [0.2, 0.25) is 0 Å². The van der Waals surface area contributed by atoms with Crippen LogP contribution in [0.5, 0.6) is 0 Å². The molecule has 1 fully saturated rings. The number of nitrogens with one attached hydrogen (secondary N) is 2. The summed E-state index contributed by atoms with van der Waals surface area (Å²) in [5.74, 6) is 0.382. The van der Waals surface area contributed by atoms with Gasteiger partial charge in [0, 0.05) is 33.4 Å². The highest BCUT2D eigenvalue weighted by Crippen LogP contribution is 2.24. The molecule has 8 nitrogen and oxygen atoms in total. The molecule has 0 radical (unpaired) electrons. The Balaban J connectivity index is 0.00000420. The highest BCUT2D eigenvalue weighted by molar-refractivity contribution is 14.0. The Morgan fingerprint density at radius 1 is 1.41 bits per heavy atom. The number of esters is 1. The quantitative estimate of drug-likeness (QED) is 0.164. The molecular weight excluding hydrogens is 507 g/mol. The molecular formula is C19H33IN4O4S. The molecule has 1 aromatic rings. The fraction of sp³-hybridized carbons (Fsp3) is 0.737. The lowest BCUT2D eigenvalue weighted by molar-refractivity contribution is -0.0320. The van der Waals surface area contributed by atoms with Crippen LogP contribution >= 0.6 is 35.3 Å². The number of ether oxygens (including phenoxy) is 3. The van der Waals surface area contributed by atoms with E-state index in [1.165, 1.54) is 11.3 Å². The number of hydrogen-bond acceptors (Lipinski definition) is 7. The summed E-state index contributed by atoms with van der Waals surface area (Å²) in [5.41, 5.74) is 0.695. The minimum atomic E-state index is -0.317. The van der Waals surface area contributed by atoms with Crippen LogP contribution in [0, 0.1) is 6.92 Å². The van der Waals surface area contributed by atoms with Crippen molar-refractivity contribution in [3.8, 4) is 0 Å². The summed E-state index contributed by atoms with van der Waals surface area (Å²) >= 11 is 1.35. The van der Waals surface area contributed by atoms with Crippen molar-refractivity contribution in [1.82, 2.24) is 15.6 Å². The van der Waals surface area contributed by atoms with Gasteiger partial charge in [0.15, 0.2) is 5.96 Å². The second-order valence-electron chi connectivity index (χ2n) is 6.59. The Morgan fingerprint density at radius 3 is 2.79 bits per heavy atom. The third-order valence-electron chi connectivity index (χ3n) is 4.36. The second kappa shape index (κ2) is 14.1. The van der Waals surface area contributed by atoms with E-state index in [-0.39, 0.29) is 36.0 Å². The number of thiazole rings is 1. The molecule has 1 aliphatic rings. The van der Waals surface area contributed by atoms with E-state index < -0.39 is 0 Å². The fourth-order valence-corrected chi connectivity index (χ4v) is 3.78. The summed E-state index contributed by atoms with van der Waals surface area (Å²) in [6, 6.07) is -0.0726. The van der Waals surface area contributed by atoms with E-state index in [1.807, 2.05) is 13.8 Å². The molecule has 0 aromatic carbocycles. The Hall–Kier alpha value is -0.980. The van der Waals surface area contributed by atoms with Gasteiger partial charge in [-0.05, 0) is 40.0 Å². The molecule has 1 atom stereocenters. The summed E-state index contributed by atoms with van der Waals surface area (Å²) in [5, 5.41) is 7.43. The molecule has 0 bridgehead atoms. The highest BCUT2D eigenvalue weighted by atomic mass is 127. The monoisotopic (exact) mass is 540 g/mol. The average molecular weight is 540 g/mol. The summed E-state index contributed by atoms with van der Waals surface area (Å²) in [4.78, 5) is 21.3. The van der Waals surface area contributed by atoms with Gasteiger partial charge in [-0.1, -0.05) is 0 Å². The van der Waals surface area contributed by atoms with Crippen molar-refractivity contribution in [3.63, 3.8) is 0 Å². The standard InChI is InChI=1S/C19H32N4O4S.HI/c1-5-26-18(24)16-13(2)22-17(28-16)14(3)23-19(20-4)21-9-6-10-27-15-7-11-25-12-8-15;/h14-15H,5-12H2,1-4H3,(H2,20,21,23);1H. The molecule has 10 heteroatoms. The zero-order chi connectivity index (χ0) is 20.4. The van der Waals surface area contributed by atoms with Crippen LogP contribution in [0.3, 0.4) is 0 Å². The lowest BCUT2D eigenvalue weighted by atomic mass is 10.1. The first-order valence-corrected chi connectivity index (χ1v) is 10.7. The van der Waals surface area contributed by atoms with Crippen LogP contribution < -0.4 is 10.6 Å². The zero-order valence-electron chi connectivity index (χ0n) is 17.7. The predicted molar refractivity (Wildman–Crippen MR) is 126 cm³/mol. The topological polar surface area (TPSA) is 94.1 Å². The van der Waals surface area contributed by atoms with E-state index in [0.717, 1.165) is 50.6 Å². The maximum Gasteiger partial charge on any atom is 0.350 e. The molecule has 1 aliphatic heterocycles. The minimum absolute atomic E-state index is 0. The number of aromatic nitrogens is 1. The Kier molecular flexibility index (Phi) is 12.7. The smallest absolute Gasteiger partial charge is 0.350 e. The number of halogens is 1. The van der Waals surface area contributed by atoms with Gasteiger partial charge in [-0.3, -0.25) is 4.99 Å². The van der Waals surface area contributed by atoms with Gasteiger partial charge >= 0.3 is 5.97 Å². The van der Waals surface area contributed by atoms with Crippen molar-refractivity contribution in [1.29, 1.82) is 0 Å². The maximum absolute atomic E-state index is 12.0. The molecule has 166 valence electrons. The fourth-order valence-electron chi connectivity index (χ4n) is 2.82. The van der Waals surface area contributed by atoms with Gasteiger partial charge in [-0.25, -0.2) is 9.78 Å². The van der Waals surface area contributed by atoms with Crippen LogP contribution in [-0.2, 0) is 14.2 Å². The number of hydrogen-bond donors (Lipinski definition) is 2. The van der Waals surface area contributed by atoms with Crippen LogP contribution in [-0.4, -0.2) is 63.0 Å². The van der Waals surface area contributed by atoms with Crippen LogP contribution in [0.4, 0.5) is 0 Å². The molecule has 29 heavy (non-hydrogen) atoms. The van der Waals surface area contributed by atoms with Crippen molar-refractivity contribution in [2.24, 2.45) is 4.99 Å². The first-order chi connectivity index (χ1) is 13.5. The van der Waals surface area contributed by atoms with Crippen molar-refractivity contribution >= 4 is 47.2 Å². The summed E-state index contributed by atoms with van der Waals surface area (Å²) in [7, 11) is 1.73. The number of aryl methyl sites for hydroxylation is 1. The molecule has 0 spiro atoms. The van der Waals surface area contributed by atoms with E-state index in [2.05, 4.69) is 20.6 Å². The van der Waals surface area contributed by atoms with Crippen LogP contribution in [0.1, 0.15) is 59.5 Å². The number of guanidine groups is 1. The molecule has 0 amide bonds. The third-order valence-corrected chi connectivity index (χ3v) is 5.68. The molecule has 1 saturated heterocycles. The predicted octanol–water partition coefficient (Wildman–Crippen LogP) is 3.06. The maximum atomic E-state index is 12.0. The Labute approximate surface area is 194 Å². The normalized spacial score (nSPS) is 16.1. The van der Waals surface area contributed by atoms with Crippen LogP contribution in [0.2, 0.25) is 0 Å². The van der Waals surface area contributed by atoms with Gasteiger partial charge in [0.1, 0.15) is 9.88 Å². The van der Waals surface area contributed by atoms with Gasteiger partial charge in [-0.2, -0.15) is 0 Å². The average Bonchev–Trinajstić information content (AvgIpc) is 3.09. The molecule has 2 heterocycles. The van der Waals surface area contributed by atoms with Gasteiger partial charge in [0.05, 0.1) is 24.4 Å². The number of rotatable bonds is 9. The van der Waals surface area contributed by atoms with Crippen LogP contribution in [0.25, 0.3) is 0 Å². The molecule has 1 unspecified atom stereocenters. The lowest BCUT2D eigenvalue weighted by Gasteiger charge is -2.22. The summed E-state index contributed by atoms with van der Waals surface area (Å²) in [6.45, 7) is 9.05. The SMILES string of the molecule is CCOC(=O)c1sc(C(C)NC(=NC)NCCCOC2CCOCC2)nc1C.I. The first kappa shape index (κ1) is 26.1.